The van der Waals surface area contributed by atoms with Gasteiger partial charge in [0.1, 0.15) is 24.2 Å². The largest absolute Gasteiger partial charge is 0.350 e. The summed E-state index contributed by atoms with van der Waals surface area (Å²) in [4.78, 5) is 27.5. The monoisotopic (exact) mass is 510 g/mol. The van der Waals surface area contributed by atoms with E-state index in [-0.39, 0.29) is 17.8 Å². The predicted molar refractivity (Wildman–Crippen MR) is 131 cm³/mol. The van der Waals surface area contributed by atoms with Crippen LogP contribution >= 0.6 is 0 Å². The van der Waals surface area contributed by atoms with Crippen molar-refractivity contribution in [3.05, 3.63) is 65.7 Å². The molecule has 2 rings (SSSR count). The molecule has 0 spiro atoms. The Hall–Kier alpha value is -3.05. The van der Waals surface area contributed by atoms with Crippen LogP contribution < -0.4 is 9.62 Å². The molecule has 0 aliphatic heterocycles. The first-order valence-corrected chi connectivity index (χ1v) is 12.3. The number of rotatable bonds is 9. The van der Waals surface area contributed by atoms with Gasteiger partial charge in [-0.2, -0.15) is 12.7 Å². The molecule has 0 saturated carbocycles. The van der Waals surface area contributed by atoms with Gasteiger partial charge in [0.15, 0.2) is 0 Å². The molecule has 0 aliphatic carbocycles. The second-order valence-electron chi connectivity index (χ2n) is 9.30. The molecular formula is C24H32F2N4O4S. The number of carbonyl (C=O) groups is 2. The van der Waals surface area contributed by atoms with Gasteiger partial charge in [-0.25, -0.2) is 13.1 Å². The molecule has 2 aromatic carbocycles. The lowest BCUT2D eigenvalue weighted by Crippen LogP contribution is -2.55. The first-order valence-electron chi connectivity index (χ1n) is 10.9. The van der Waals surface area contributed by atoms with Crippen LogP contribution in [0.5, 0.6) is 0 Å². The standard InChI is InChI=1S/C24H32F2N4O4S/c1-17(23(32)27-24(2,3)4)29(15-18-9-7-8-10-21(18)26)22(31)16-30(35(33,34)28(5)6)20-13-11-19(25)12-14-20/h7-14,17H,15-16H2,1-6H3,(H,27,32)/t17-/m1/s1. The Morgan fingerprint density at radius 2 is 1.57 bits per heavy atom. The topological polar surface area (TPSA) is 90.0 Å². The number of hydrogen-bond acceptors (Lipinski definition) is 4. The molecule has 0 heterocycles. The number of anilines is 1. The van der Waals surface area contributed by atoms with Gasteiger partial charge in [-0.15, -0.1) is 0 Å². The van der Waals surface area contributed by atoms with Crippen LogP contribution in [0.25, 0.3) is 0 Å². The highest BCUT2D eigenvalue weighted by Gasteiger charge is 2.33. The third kappa shape index (κ3) is 7.46. The minimum absolute atomic E-state index is 0.0612. The van der Waals surface area contributed by atoms with Crippen LogP contribution in [0.2, 0.25) is 0 Å². The number of nitrogens with zero attached hydrogens (tertiary/aromatic N) is 3. The van der Waals surface area contributed by atoms with Crippen LogP contribution in [0.3, 0.4) is 0 Å². The van der Waals surface area contributed by atoms with Gasteiger partial charge in [0.2, 0.25) is 11.8 Å². The maximum Gasteiger partial charge on any atom is 0.304 e. The Labute approximate surface area is 205 Å². The normalized spacial score (nSPS) is 12.8. The van der Waals surface area contributed by atoms with Crippen LogP contribution in [0.1, 0.15) is 33.3 Å². The van der Waals surface area contributed by atoms with Gasteiger partial charge in [0.05, 0.1) is 5.69 Å². The Morgan fingerprint density at radius 1 is 1.00 bits per heavy atom. The zero-order valence-corrected chi connectivity index (χ0v) is 21.6. The van der Waals surface area contributed by atoms with E-state index in [1.807, 2.05) is 0 Å². The first kappa shape index (κ1) is 28.2. The highest BCUT2D eigenvalue weighted by molar-refractivity contribution is 7.90. The number of benzene rings is 2. The zero-order chi connectivity index (χ0) is 26.6. The lowest BCUT2D eigenvalue weighted by Gasteiger charge is -2.34. The van der Waals surface area contributed by atoms with Crippen molar-refractivity contribution in [2.75, 3.05) is 24.9 Å². The average molecular weight is 511 g/mol. The van der Waals surface area contributed by atoms with E-state index in [1.165, 1.54) is 51.4 Å². The van der Waals surface area contributed by atoms with Crippen molar-refractivity contribution < 1.29 is 26.8 Å². The summed E-state index contributed by atoms with van der Waals surface area (Å²) < 4.78 is 55.7. The fourth-order valence-corrected chi connectivity index (χ4v) is 4.25. The van der Waals surface area contributed by atoms with Crippen LogP contribution in [-0.2, 0) is 26.3 Å². The zero-order valence-electron chi connectivity index (χ0n) is 20.7. The molecule has 192 valence electrons. The molecule has 0 aromatic heterocycles. The molecule has 11 heteroatoms. The maximum absolute atomic E-state index is 14.4. The molecule has 35 heavy (non-hydrogen) atoms. The quantitative estimate of drug-likeness (QED) is 0.562. The molecule has 0 saturated heterocycles. The molecule has 1 N–H and O–H groups in total. The van der Waals surface area contributed by atoms with Crippen molar-refractivity contribution in [1.29, 1.82) is 0 Å². The minimum Gasteiger partial charge on any atom is -0.350 e. The Morgan fingerprint density at radius 3 is 2.09 bits per heavy atom. The molecular weight excluding hydrogens is 478 g/mol. The van der Waals surface area contributed by atoms with Crippen LogP contribution in [0.15, 0.2) is 48.5 Å². The maximum atomic E-state index is 14.4. The molecule has 0 aliphatic rings. The number of nitrogens with one attached hydrogen (secondary N) is 1. The van der Waals surface area contributed by atoms with E-state index in [4.69, 9.17) is 0 Å². The minimum atomic E-state index is -4.17. The van der Waals surface area contributed by atoms with Gasteiger partial charge >= 0.3 is 10.2 Å². The number of halogens is 2. The van der Waals surface area contributed by atoms with Crippen LogP contribution in [0, 0.1) is 11.6 Å². The predicted octanol–water partition coefficient (Wildman–Crippen LogP) is 2.91. The lowest BCUT2D eigenvalue weighted by molar-refractivity contribution is -0.140. The molecule has 0 bridgehead atoms. The van der Waals surface area contributed by atoms with Crippen molar-refractivity contribution >= 4 is 27.7 Å². The molecule has 2 amide bonds. The summed E-state index contributed by atoms with van der Waals surface area (Å²) in [6.45, 7) is 5.88. The molecule has 2 aromatic rings. The smallest absolute Gasteiger partial charge is 0.304 e. The summed E-state index contributed by atoms with van der Waals surface area (Å²) in [5.41, 5.74) is -0.363. The molecule has 8 nitrogen and oxygen atoms in total. The summed E-state index contributed by atoms with van der Waals surface area (Å²) in [5.74, 6) is -2.36. The Balaban J connectivity index is 2.48. The van der Waals surface area contributed by atoms with Gasteiger partial charge in [0.25, 0.3) is 0 Å². The molecule has 1 atom stereocenters. The number of amides is 2. The van der Waals surface area contributed by atoms with E-state index < -0.39 is 51.8 Å². The Kier molecular flexibility index (Phi) is 8.96. The van der Waals surface area contributed by atoms with Crippen molar-refractivity contribution in [3.8, 4) is 0 Å². The average Bonchev–Trinajstić information content (AvgIpc) is 2.75. The van der Waals surface area contributed by atoms with Gasteiger partial charge < -0.3 is 10.2 Å². The fraction of sp³-hybridized carbons (Fsp3) is 0.417. The SMILES string of the molecule is C[C@H](C(=O)NC(C)(C)C)N(Cc1ccccc1F)C(=O)CN(c1ccc(F)cc1)S(=O)(=O)N(C)C. The van der Waals surface area contributed by atoms with Gasteiger partial charge in [-0.05, 0) is 58.0 Å². The summed E-state index contributed by atoms with van der Waals surface area (Å²) in [5, 5.41) is 2.79. The summed E-state index contributed by atoms with van der Waals surface area (Å²) in [7, 11) is -1.57. The number of hydrogen-bond donors (Lipinski definition) is 1. The Bertz CT molecular complexity index is 1150. The van der Waals surface area contributed by atoms with Crippen LogP contribution in [-0.4, -0.2) is 61.7 Å². The van der Waals surface area contributed by atoms with E-state index in [9.17, 15) is 26.8 Å². The van der Waals surface area contributed by atoms with Gasteiger partial charge in [-0.3, -0.25) is 9.59 Å². The highest BCUT2D eigenvalue weighted by atomic mass is 32.2. The van der Waals surface area contributed by atoms with Crippen molar-refractivity contribution in [1.82, 2.24) is 14.5 Å². The third-order valence-electron chi connectivity index (χ3n) is 5.10. The third-order valence-corrected chi connectivity index (χ3v) is 6.92. The van der Waals surface area contributed by atoms with E-state index in [2.05, 4.69) is 5.32 Å². The van der Waals surface area contributed by atoms with E-state index in [1.54, 1.807) is 26.8 Å². The summed E-state index contributed by atoms with van der Waals surface area (Å²) in [6, 6.07) is 9.41. The molecule has 0 radical (unpaired) electrons. The van der Waals surface area contributed by atoms with Crippen molar-refractivity contribution in [2.45, 2.75) is 45.8 Å². The van der Waals surface area contributed by atoms with E-state index in [0.717, 1.165) is 25.6 Å². The van der Waals surface area contributed by atoms with Gasteiger partial charge in [-0.1, -0.05) is 18.2 Å². The molecule has 0 fully saturated rings. The first-order chi connectivity index (χ1) is 16.1. The highest BCUT2D eigenvalue weighted by Crippen LogP contribution is 2.22. The molecule has 0 unspecified atom stereocenters. The lowest BCUT2D eigenvalue weighted by atomic mass is 10.1. The number of carbonyl (C=O) groups excluding carboxylic acids is 2. The fourth-order valence-electron chi connectivity index (χ4n) is 3.19. The van der Waals surface area contributed by atoms with Crippen LogP contribution in [0.4, 0.5) is 14.5 Å². The van der Waals surface area contributed by atoms with Crippen molar-refractivity contribution in [2.24, 2.45) is 0 Å². The van der Waals surface area contributed by atoms with Crippen molar-refractivity contribution in [3.63, 3.8) is 0 Å². The second kappa shape index (κ2) is 11.1. The van der Waals surface area contributed by atoms with Gasteiger partial charge in [0, 0.05) is 31.7 Å². The summed E-state index contributed by atoms with van der Waals surface area (Å²) in [6.07, 6.45) is 0. The summed E-state index contributed by atoms with van der Waals surface area (Å²) >= 11 is 0. The van der Waals surface area contributed by atoms with E-state index >= 15 is 0 Å². The second-order valence-corrected chi connectivity index (χ2v) is 11.4. The van der Waals surface area contributed by atoms with E-state index in [0.29, 0.717) is 0 Å².